The second kappa shape index (κ2) is 8.91. The van der Waals surface area contributed by atoms with Crippen LogP contribution in [-0.4, -0.2) is 78.7 Å². The highest BCUT2D eigenvalue weighted by Gasteiger charge is 2.47. The maximum absolute atomic E-state index is 12.9. The van der Waals surface area contributed by atoms with E-state index in [-0.39, 0.29) is 32.7 Å². The summed E-state index contributed by atoms with van der Waals surface area (Å²) in [4.78, 5) is 37.8. The molecule has 1 aromatic rings. The number of alkyl halides is 3. The van der Waals surface area contributed by atoms with Crippen molar-refractivity contribution in [3.63, 3.8) is 0 Å². The molecule has 0 saturated carbocycles. The molecule has 1 aromatic carbocycles. The molecule has 2 aliphatic rings. The standard InChI is InChI=1S/C19H24F3N5O5S/c1-3-18(2)16(29)27(17(30)23-18)24-15(28)12-25-7-9-26(10-8-25)33(31,32)14-6-4-5-13(11-14)19(20,21)22/h4-6,11H,3,7-10,12H2,1-2H3,(H,23,30)(H,24,28). The van der Waals surface area contributed by atoms with Crippen molar-refractivity contribution < 1.29 is 36.0 Å². The minimum atomic E-state index is -4.67. The molecule has 0 bridgehead atoms. The summed E-state index contributed by atoms with van der Waals surface area (Å²) in [5.74, 6) is -1.21. The van der Waals surface area contributed by atoms with Crippen LogP contribution in [0, 0.1) is 0 Å². The van der Waals surface area contributed by atoms with Gasteiger partial charge in [0.25, 0.3) is 11.8 Å². The topological polar surface area (TPSA) is 119 Å². The predicted octanol–water partition coefficient (Wildman–Crippen LogP) is 0.763. The lowest BCUT2D eigenvalue weighted by Gasteiger charge is -2.33. The molecule has 2 aliphatic heterocycles. The fourth-order valence-electron chi connectivity index (χ4n) is 3.50. The van der Waals surface area contributed by atoms with Crippen LogP contribution in [0.2, 0.25) is 0 Å². The van der Waals surface area contributed by atoms with Gasteiger partial charge in [-0.25, -0.2) is 13.2 Å². The van der Waals surface area contributed by atoms with Gasteiger partial charge in [-0.1, -0.05) is 13.0 Å². The monoisotopic (exact) mass is 491 g/mol. The Morgan fingerprint density at radius 3 is 2.36 bits per heavy atom. The molecule has 2 fully saturated rings. The number of carbonyl (C=O) groups is 3. The summed E-state index contributed by atoms with van der Waals surface area (Å²) in [6.45, 7) is 3.26. The Morgan fingerprint density at radius 1 is 1.18 bits per heavy atom. The Labute approximate surface area is 188 Å². The second-order valence-electron chi connectivity index (χ2n) is 8.00. The van der Waals surface area contributed by atoms with E-state index >= 15 is 0 Å². The summed E-state index contributed by atoms with van der Waals surface area (Å²) in [6.07, 6.45) is -4.33. The number of benzene rings is 1. The van der Waals surface area contributed by atoms with Gasteiger partial charge in [0.05, 0.1) is 17.0 Å². The first-order valence-corrected chi connectivity index (χ1v) is 11.6. The average molecular weight is 491 g/mol. The maximum Gasteiger partial charge on any atom is 0.416 e. The number of hydrazine groups is 1. The largest absolute Gasteiger partial charge is 0.416 e. The van der Waals surface area contributed by atoms with E-state index in [1.54, 1.807) is 18.7 Å². The molecule has 0 radical (unpaired) electrons. The van der Waals surface area contributed by atoms with Crippen molar-refractivity contribution in [3.8, 4) is 0 Å². The number of hydrogen-bond acceptors (Lipinski definition) is 6. The summed E-state index contributed by atoms with van der Waals surface area (Å²) in [6, 6.07) is 2.79. The van der Waals surface area contributed by atoms with Gasteiger partial charge in [-0.15, -0.1) is 0 Å². The Bertz CT molecular complexity index is 1060. The maximum atomic E-state index is 12.9. The lowest BCUT2D eigenvalue weighted by atomic mass is 10.00. The van der Waals surface area contributed by atoms with Crippen molar-refractivity contribution in [2.75, 3.05) is 32.7 Å². The van der Waals surface area contributed by atoms with E-state index in [1.807, 2.05) is 0 Å². The third-order valence-corrected chi connectivity index (χ3v) is 7.60. The molecule has 0 aromatic heterocycles. The fraction of sp³-hybridized carbons (Fsp3) is 0.526. The molecule has 10 nitrogen and oxygen atoms in total. The van der Waals surface area contributed by atoms with E-state index in [4.69, 9.17) is 0 Å². The minimum absolute atomic E-state index is 0.0388. The summed E-state index contributed by atoms with van der Waals surface area (Å²) < 4.78 is 65.4. The first kappa shape index (κ1) is 24.9. The Hall–Kier alpha value is -2.71. The number of sulfonamides is 1. The van der Waals surface area contributed by atoms with E-state index in [1.165, 1.54) is 0 Å². The number of imide groups is 1. The lowest BCUT2D eigenvalue weighted by Crippen LogP contribution is -2.54. The Kier molecular flexibility index (Phi) is 6.73. The van der Waals surface area contributed by atoms with Crippen LogP contribution in [-0.2, 0) is 25.8 Å². The normalized spacial score (nSPS) is 23.0. The van der Waals surface area contributed by atoms with E-state index in [0.717, 1.165) is 22.5 Å². The number of carbonyl (C=O) groups excluding carboxylic acids is 3. The molecule has 4 amide bonds. The summed E-state index contributed by atoms with van der Waals surface area (Å²) >= 11 is 0. The van der Waals surface area contributed by atoms with Crippen molar-refractivity contribution >= 4 is 27.9 Å². The molecule has 1 atom stereocenters. The molecule has 2 heterocycles. The predicted molar refractivity (Wildman–Crippen MR) is 109 cm³/mol. The number of nitrogens with one attached hydrogen (secondary N) is 2. The highest BCUT2D eigenvalue weighted by Crippen LogP contribution is 2.31. The number of amides is 4. The van der Waals surface area contributed by atoms with E-state index in [2.05, 4.69) is 10.7 Å². The first-order chi connectivity index (χ1) is 15.3. The van der Waals surface area contributed by atoms with Gasteiger partial charge in [0.1, 0.15) is 5.54 Å². The first-order valence-electron chi connectivity index (χ1n) is 10.1. The molecule has 182 valence electrons. The molecule has 2 N–H and O–H groups in total. The molecular formula is C19H24F3N5O5S. The average Bonchev–Trinajstić information content (AvgIpc) is 2.97. The number of halogens is 3. The van der Waals surface area contributed by atoms with E-state index in [0.29, 0.717) is 17.5 Å². The smallest absolute Gasteiger partial charge is 0.322 e. The van der Waals surface area contributed by atoms with E-state index in [9.17, 15) is 36.0 Å². The van der Waals surface area contributed by atoms with Crippen LogP contribution in [0.1, 0.15) is 25.8 Å². The summed E-state index contributed by atoms with van der Waals surface area (Å²) in [5, 5.41) is 3.13. The quantitative estimate of drug-likeness (QED) is 0.568. The molecular weight excluding hydrogens is 467 g/mol. The molecule has 0 aliphatic carbocycles. The molecule has 1 unspecified atom stereocenters. The number of piperazine rings is 1. The zero-order valence-electron chi connectivity index (χ0n) is 18.0. The lowest BCUT2D eigenvalue weighted by molar-refractivity contribution is -0.139. The third kappa shape index (κ3) is 5.12. The van der Waals surface area contributed by atoms with Gasteiger partial charge in [0.15, 0.2) is 0 Å². The number of rotatable bonds is 6. The zero-order chi connectivity index (χ0) is 24.6. The van der Waals surface area contributed by atoms with Gasteiger partial charge in [-0.3, -0.25) is 19.9 Å². The number of nitrogens with zero attached hydrogens (tertiary/aromatic N) is 3. The fourth-order valence-corrected chi connectivity index (χ4v) is 4.97. The highest BCUT2D eigenvalue weighted by atomic mass is 32.2. The molecule has 2 saturated heterocycles. The van der Waals surface area contributed by atoms with Crippen molar-refractivity contribution in [2.24, 2.45) is 0 Å². The second-order valence-corrected chi connectivity index (χ2v) is 9.94. The van der Waals surface area contributed by atoms with Crippen LogP contribution in [0.4, 0.5) is 18.0 Å². The van der Waals surface area contributed by atoms with Crippen LogP contribution in [0.3, 0.4) is 0 Å². The molecule has 0 spiro atoms. The summed E-state index contributed by atoms with van der Waals surface area (Å²) in [5.41, 5.74) is 0.0953. The Morgan fingerprint density at radius 2 is 1.82 bits per heavy atom. The third-order valence-electron chi connectivity index (χ3n) is 5.70. The molecule has 14 heteroatoms. The number of urea groups is 1. The van der Waals surface area contributed by atoms with Crippen LogP contribution >= 0.6 is 0 Å². The van der Waals surface area contributed by atoms with Gasteiger partial charge < -0.3 is 5.32 Å². The highest BCUT2D eigenvalue weighted by molar-refractivity contribution is 7.89. The van der Waals surface area contributed by atoms with Crippen molar-refractivity contribution in [1.82, 2.24) is 25.0 Å². The van der Waals surface area contributed by atoms with Crippen molar-refractivity contribution in [3.05, 3.63) is 29.8 Å². The van der Waals surface area contributed by atoms with E-state index < -0.39 is 50.0 Å². The Balaban J connectivity index is 1.57. The van der Waals surface area contributed by atoms with Crippen molar-refractivity contribution in [1.29, 1.82) is 0 Å². The van der Waals surface area contributed by atoms with Crippen LogP contribution in [0.5, 0.6) is 0 Å². The van der Waals surface area contributed by atoms with Crippen molar-refractivity contribution in [2.45, 2.75) is 36.9 Å². The van der Waals surface area contributed by atoms with Crippen LogP contribution < -0.4 is 10.7 Å². The van der Waals surface area contributed by atoms with Crippen LogP contribution in [0.15, 0.2) is 29.2 Å². The van der Waals surface area contributed by atoms with Gasteiger partial charge in [-0.2, -0.15) is 22.5 Å². The SMILES string of the molecule is CCC1(C)NC(=O)N(NC(=O)CN2CCN(S(=O)(=O)c3cccc(C(F)(F)F)c3)CC2)C1=O. The van der Waals surface area contributed by atoms with Gasteiger partial charge in [-0.05, 0) is 31.5 Å². The summed E-state index contributed by atoms with van der Waals surface area (Å²) in [7, 11) is -4.15. The molecule has 3 rings (SSSR count). The van der Waals surface area contributed by atoms with Gasteiger partial charge in [0, 0.05) is 26.2 Å². The number of hydrogen-bond donors (Lipinski definition) is 2. The molecule has 33 heavy (non-hydrogen) atoms. The zero-order valence-corrected chi connectivity index (χ0v) is 18.8. The van der Waals surface area contributed by atoms with Gasteiger partial charge in [0.2, 0.25) is 10.0 Å². The van der Waals surface area contributed by atoms with Crippen LogP contribution in [0.25, 0.3) is 0 Å². The van der Waals surface area contributed by atoms with Gasteiger partial charge >= 0.3 is 12.2 Å². The minimum Gasteiger partial charge on any atom is -0.322 e.